The first-order valence-corrected chi connectivity index (χ1v) is 9.54. The van der Waals surface area contributed by atoms with E-state index in [4.69, 9.17) is 9.29 Å². The van der Waals surface area contributed by atoms with Gasteiger partial charge in [0.15, 0.2) is 0 Å². The number of carbonyl (C=O) groups is 1. The van der Waals surface area contributed by atoms with Crippen LogP contribution in [0.4, 0.5) is 0 Å². The molecule has 1 saturated heterocycles. The van der Waals surface area contributed by atoms with Gasteiger partial charge in [-0.1, -0.05) is 30.0 Å². The van der Waals surface area contributed by atoms with E-state index in [1.54, 1.807) is 24.3 Å². The number of rotatable bonds is 6. The number of amides is 1. The van der Waals surface area contributed by atoms with E-state index in [0.717, 1.165) is 4.90 Å². The van der Waals surface area contributed by atoms with E-state index >= 15 is 0 Å². The van der Waals surface area contributed by atoms with Crippen LogP contribution >= 0.6 is 11.8 Å². The van der Waals surface area contributed by atoms with Crippen molar-refractivity contribution < 1.29 is 36.9 Å². The Morgan fingerprint density at radius 1 is 1.36 bits per heavy atom. The summed E-state index contributed by atoms with van der Waals surface area (Å²) in [5.41, 5.74) is -0.820. The molecule has 0 bridgehead atoms. The SMILES string of the molecule is CC(=O)N[C@@H]1[C@@H](O)[C@@H](OS(=O)(=O)O)[C@@H](CO)O[C@H]1Sc1ccccc1. The molecule has 1 fully saturated rings. The highest BCUT2D eigenvalue weighted by Crippen LogP contribution is 2.34. The lowest BCUT2D eigenvalue weighted by atomic mass is 9.98. The maximum atomic E-state index is 11.5. The van der Waals surface area contributed by atoms with Crippen LogP contribution in [0.1, 0.15) is 6.92 Å². The summed E-state index contributed by atoms with van der Waals surface area (Å²) in [6, 6.07) is 7.96. The van der Waals surface area contributed by atoms with Crippen molar-refractivity contribution in [3.8, 4) is 0 Å². The van der Waals surface area contributed by atoms with Crippen LogP contribution in [0.5, 0.6) is 0 Å². The molecule has 9 nitrogen and oxygen atoms in total. The molecule has 25 heavy (non-hydrogen) atoms. The largest absolute Gasteiger partial charge is 0.397 e. The summed E-state index contributed by atoms with van der Waals surface area (Å²) in [6.45, 7) is 0.573. The van der Waals surface area contributed by atoms with Crippen LogP contribution in [0, 0.1) is 0 Å². The Bertz CT molecular complexity index is 683. The van der Waals surface area contributed by atoms with E-state index < -0.39 is 52.7 Å². The fourth-order valence-electron chi connectivity index (χ4n) is 2.45. The molecule has 1 aromatic carbocycles. The van der Waals surface area contributed by atoms with Crippen LogP contribution in [0.25, 0.3) is 0 Å². The first-order valence-electron chi connectivity index (χ1n) is 7.30. The Labute approximate surface area is 149 Å². The van der Waals surface area contributed by atoms with Crippen molar-refractivity contribution >= 4 is 28.1 Å². The highest BCUT2D eigenvalue weighted by molar-refractivity contribution is 7.99. The van der Waals surface area contributed by atoms with Crippen molar-refractivity contribution in [1.29, 1.82) is 0 Å². The number of benzene rings is 1. The molecule has 0 unspecified atom stereocenters. The average Bonchev–Trinajstić information content (AvgIpc) is 2.53. The van der Waals surface area contributed by atoms with Gasteiger partial charge in [-0.05, 0) is 12.1 Å². The van der Waals surface area contributed by atoms with E-state index in [2.05, 4.69) is 9.50 Å². The molecule has 0 aliphatic carbocycles. The Hall–Kier alpha value is -1.21. The number of nitrogens with one attached hydrogen (secondary N) is 1. The molecule has 5 atom stereocenters. The fourth-order valence-corrected chi connectivity index (χ4v) is 4.12. The van der Waals surface area contributed by atoms with Gasteiger partial charge in [-0.2, -0.15) is 8.42 Å². The Morgan fingerprint density at radius 3 is 2.52 bits per heavy atom. The zero-order chi connectivity index (χ0) is 18.6. The summed E-state index contributed by atoms with van der Waals surface area (Å²) in [5, 5.41) is 22.4. The molecule has 0 aromatic heterocycles. The Morgan fingerprint density at radius 2 is 2.00 bits per heavy atom. The third-order valence-electron chi connectivity index (χ3n) is 3.45. The molecule has 1 amide bonds. The van der Waals surface area contributed by atoms with Crippen LogP contribution in [-0.2, 0) is 24.1 Å². The van der Waals surface area contributed by atoms with Gasteiger partial charge in [0.05, 0.1) is 12.6 Å². The Balaban J connectivity index is 2.27. The summed E-state index contributed by atoms with van der Waals surface area (Å²) >= 11 is 1.18. The third-order valence-corrected chi connectivity index (χ3v) is 5.10. The van der Waals surface area contributed by atoms with Crippen molar-refractivity contribution in [2.75, 3.05) is 6.61 Å². The van der Waals surface area contributed by atoms with E-state index in [1.807, 2.05) is 6.07 Å². The molecule has 1 heterocycles. The van der Waals surface area contributed by atoms with Gasteiger partial charge in [-0.15, -0.1) is 0 Å². The number of aliphatic hydroxyl groups excluding tert-OH is 2. The predicted octanol–water partition coefficient (Wildman–Crippen LogP) is -0.450. The first-order chi connectivity index (χ1) is 11.7. The molecule has 11 heteroatoms. The van der Waals surface area contributed by atoms with E-state index in [1.165, 1.54) is 18.7 Å². The second-order valence-corrected chi connectivity index (χ2v) is 7.58. The minimum atomic E-state index is -4.90. The molecule has 0 saturated carbocycles. The highest BCUT2D eigenvalue weighted by atomic mass is 32.3. The Kier molecular flexibility index (Phi) is 6.79. The first kappa shape index (κ1) is 20.1. The number of carbonyl (C=O) groups excluding carboxylic acids is 1. The van der Waals surface area contributed by atoms with Crippen LogP contribution in [0.15, 0.2) is 35.2 Å². The average molecular weight is 393 g/mol. The third kappa shape index (κ3) is 5.64. The number of hydrogen-bond acceptors (Lipinski definition) is 8. The molecule has 1 aliphatic rings. The summed E-state index contributed by atoms with van der Waals surface area (Å²) in [7, 11) is -4.90. The van der Waals surface area contributed by atoms with Gasteiger partial charge in [0, 0.05) is 11.8 Å². The second-order valence-electron chi connectivity index (χ2n) is 5.36. The predicted molar refractivity (Wildman–Crippen MR) is 88.1 cm³/mol. The van der Waals surface area contributed by atoms with Crippen molar-refractivity contribution in [2.24, 2.45) is 0 Å². The zero-order valence-corrected chi connectivity index (χ0v) is 14.8. The highest BCUT2D eigenvalue weighted by Gasteiger charge is 2.48. The van der Waals surface area contributed by atoms with Crippen molar-refractivity contribution in [1.82, 2.24) is 5.32 Å². The molecule has 0 radical (unpaired) electrons. The molecular weight excluding hydrogens is 374 g/mol. The molecule has 1 aromatic rings. The molecule has 140 valence electrons. The van der Waals surface area contributed by atoms with E-state index in [9.17, 15) is 23.4 Å². The van der Waals surface area contributed by atoms with Crippen molar-refractivity contribution in [3.63, 3.8) is 0 Å². The molecule has 2 rings (SSSR count). The van der Waals surface area contributed by atoms with Gasteiger partial charge in [-0.3, -0.25) is 9.35 Å². The number of thioether (sulfide) groups is 1. The summed E-state index contributed by atoms with van der Waals surface area (Å²) < 4.78 is 40.9. The standard InChI is InChI=1S/C14H19NO8S2/c1-8(17)15-11-12(18)13(23-25(19,20)21)10(7-16)22-14(11)24-9-5-3-2-4-6-9/h2-6,10-14,16,18H,7H2,1H3,(H,15,17)(H,19,20,21)/t10-,11-,12-,13+,14+/m1/s1. The minimum absolute atomic E-state index is 0.473. The number of ether oxygens (including phenoxy) is 1. The lowest BCUT2D eigenvalue weighted by Gasteiger charge is -2.43. The smallest absolute Gasteiger partial charge is 0.394 e. The normalized spacial score (nSPS) is 30.0. The maximum absolute atomic E-state index is 11.5. The van der Waals surface area contributed by atoms with E-state index in [0.29, 0.717) is 0 Å². The molecular formula is C14H19NO8S2. The number of aliphatic hydroxyl groups is 2. The quantitative estimate of drug-likeness (QED) is 0.473. The molecule has 0 spiro atoms. The summed E-state index contributed by atoms with van der Waals surface area (Å²) in [5.74, 6) is -0.473. The van der Waals surface area contributed by atoms with Gasteiger partial charge in [0.1, 0.15) is 23.7 Å². The van der Waals surface area contributed by atoms with Crippen LogP contribution in [0.2, 0.25) is 0 Å². The van der Waals surface area contributed by atoms with Crippen LogP contribution in [0.3, 0.4) is 0 Å². The summed E-state index contributed by atoms with van der Waals surface area (Å²) in [4.78, 5) is 12.2. The fraction of sp³-hybridized carbons (Fsp3) is 0.500. The van der Waals surface area contributed by atoms with Gasteiger partial charge in [-0.25, -0.2) is 4.18 Å². The monoisotopic (exact) mass is 393 g/mol. The van der Waals surface area contributed by atoms with Crippen molar-refractivity contribution in [3.05, 3.63) is 30.3 Å². The van der Waals surface area contributed by atoms with Crippen LogP contribution < -0.4 is 5.32 Å². The van der Waals surface area contributed by atoms with Crippen LogP contribution in [-0.4, -0.2) is 65.5 Å². The van der Waals surface area contributed by atoms with Gasteiger partial charge in [0.25, 0.3) is 0 Å². The van der Waals surface area contributed by atoms with Gasteiger partial charge in [0.2, 0.25) is 5.91 Å². The van der Waals surface area contributed by atoms with Crippen molar-refractivity contribution in [2.45, 2.75) is 41.6 Å². The maximum Gasteiger partial charge on any atom is 0.397 e. The summed E-state index contributed by atoms with van der Waals surface area (Å²) in [6.07, 6.45) is -4.34. The zero-order valence-electron chi connectivity index (χ0n) is 13.2. The van der Waals surface area contributed by atoms with E-state index in [-0.39, 0.29) is 0 Å². The topological polar surface area (TPSA) is 142 Å². The van der Waals surface area contributed by atoms with Gasteiger partial charge < -0.3 is 20.3 Å². The molecule has 4 N–H and O–H groups in total. The second kappa shape index (κ2) is 8.45. The number of hydrogen-bond donors (Lipinski definition) is 4. The lowest BCUT2D eigenvalue weighted by Crippen LogP contribution is -2.64. The molecule has 1 aliphatic heterocycles. The van der Waals surface area contributed by atoms with Gasteiger partial charge >= 0.3 is 10.4 Å². The minimum Gasteiger partial charge on any atom is -0.394 e. The lowest BCUT2D eigenvalue weighted by molar-refractivity contribution is -0.165.